The molecule has 1 N–H and O–H groups in total. The van der Waals surface area contributed by atoms with Gasteiger partial charge in [-0.15, -0.1) is 11.3 Å². The van der Waals surface area contributed by atoms with Gasteiger partial charge in [-0.2, -0.15) is 0 Å². The molecule has 0 bridgehead atoms. The maximum atomic E-state index is 11.9. The molecule has 0 saturated heterocycles. The highest BCUT2D eigenvalue weighted by Gasteiger charge is 2.25. The van der Waals surface area contributed by atoms with E-state index in [9.17, 15) is 4.79 Å². The highest BCUT2D eigenvalue weighted by molar-refractivity contribution is 7.17. The van der Waals surface area contributed by atoms with Crippen molar-refractivity contribution in [3.63, 3.8) is 0 Å². The molecule has 2 saturated carbocycles. The average molecular weight is 299 g/mol. The van der Waals surface area contributed by atoms with Crippen molar-refractivity contribution >= 4 is 27.3 Å². The van der Waals surface area contributed by atoms with Crippen molar-refractivity contribution in [3.05, 3.63) is 34.7 Å². The largest absolute Gasteiger partial charge is 0.356 e. The van der Waals surface area contributed by atoms with Gasteiger partial charge in [-0.05, 0) is 72.0 Å². The molecule has 4 rings (SSSR count). The number of carbonyl (C=O) groups excluding carboxylic acids is 1. The SMILES string of the molecule is O=C(NCCc1csc2ccc(C3CC3)cc12)C1CCC1. The van der Waals surface area contributed by atoms with Gasteiger partial charge in [-0.3, -0.25) is 4.79 Å². The summed E-state index contributed by atoms with van der Waals surface area (Å²) in [5.41, 5.74) is 2.90. The highest BCUT2D eigenvalue weighted by Crippen LogP contribution is 2.42. The molecule has 1 aromatic carbocycles. The van der Waals surface area contributed by atoms with Crippen LogP contribution in [0.4, 0.5) is 0 Å². The zero-order valence-corrected chi connectivity index (χ0v) is 13.0. The molecule has 1 amide bonds. The first kappa shape index (κ1) is 13.3. The molecule has 2 nitrogen and oxygen atoms in total. The minimum absolute atomic E-state index is 0.263. The maximum absolute atomic E-state index is 11.9. The smallest absolute Gasteiger partial charge is 0.223 e. The molecule has 0 aliphatic heterocycles. The Labute approximate surface area is 129 Å². The van der Waals surface area contributed by atoms with Crippen molar-refractivity contribution in [2.75, 3.05) is 6.54 Å². The maximum Gasteiger partial charge on any atom is 0.223 e. The van der Waals surface area contributed by atoms with E-state index in [0.29, 0.717) is 5.92 Å². The number of hydrogen-bond acceptors (Lipinski definition) is 2. The summed E-state index contributed by atoms with van der Waals surface area (Å²) in [6, 6.07) is 6.94. The Bertz CT molecular complexity index is 667. The van der Waals surface area contributed by atoms with Gasteiger partial charge in [-0.1, -0.05) is 12.5 Å². The summed E-state index contributed by atoms with van der Waals surface area (Å²) in [7, 11) is 0. The second kappa shape index (κ2) is 5.45. The van der Waals surface area contributed by atoms with Gasteiger partial charge >= 0.3 is 0 Å². The van der Waals surface area contributed by atoms with Crippen molar-refractivity contribution in [1.29, 1.82) is 0 Å². The zero-order chi connectivity index (χ0) is 14.2. The van der Waals surface area contributed by atoms with Crippen LogP contribution in [0.25, 0.3) is 10.1 Å². The van der Waals surface area contributed by atoms with Crippen LogP contribution < -0.4 is 5.32 Å². The predicted octanol–water partition coefficient (Wildman–Crippen LogP) is 4.24. The third-order valence-electron chi connectivity index (χ3n) is 4.90. The van der Waals surface area contributed by atoms with Gasteiger partial charge in [0, 0.05) is 17.2 Å². The standard InChI is InChI=1S/C18H21NOS/c20-18(13-2-1-3-13)19-9-8-15-11-21-17-7-6-14(10-16(15)17)12-4-5-12/h6-7,10-13H,1-5,8-9H2,(H,19,20). The van der Waals surface area contributed by atoms with Gasteiger partial charge in [0.25, 0.3) is 0 Å². The summed E-state index contributed by atoms with van der Waals surface area (Å²) >= 11 is 1.82. The Morgan fingerprint density at radius 1 is 1.24 bits per heavy atom. The number of carbonyl (C=O) groups is 1. The molecule has 110 valence electrons. The fourth-order valence-electron chi connectivity index (χ4n) is 3.10. The van der Waals surface area contributed by atoms with Crippen molar-refractivity contribution in [1.82, 2.24) is 5.32 Å². The third-order valence-corrected chi connectivity index (χ3v) is 5.91. The van der Waals surface area contributed by atoms with Crippen LogP contribution in [-0.4, -0.2) is 12.5 Å². The summed E-state index contributed by atoms with van der Waals surface area (Å²) in [4.78, 5) is 11.9. The summed E-state index contributed by atoms with van der Waals surface area (Å²) in [5, 5.41) is 6.77. The van der Waals surface area contributed by atoms with Crippen LogP contribution in [0.3, 0.4) is 0 Å². The lowest BCUT2D eigenvalue weighted by Crippen LogP contribution is -2.35. The number of fused-ring (bicyclic) bond motifs is 1. The van der Waals surface area contributed by atoms with Gasteiger partial charge in [0.15, 0.2) is 0 Å². The monoisotopic (exact) mass is 299 g/mol. The minimum Gasteiger partial charge on any atom is -0.356 e. The van der Waals surface area contributed by atoms with E-state index in [-0.39, 0.29) is 5.91 Å². The summed E-state index contributed by atoms with van der Waals surface area (Å²) < 4.78 is 1.37. The van der Waals surface area contributed by atoms with Gasteiger partial charge < -0.3 is 5.32 Å². The molecule has 2 fully saturated rings. The molecule has 0 atom stereocenters. The molecule has 0 spiro atoms. The first-order valence-corrected chi connectivity index (χ1v) is 8.97. The van der Waals surface area contributed by atoms with Crippen LogP contribution in [-0.2, 0) is 11.2 Å². The average Bonchev–Trinajstić information content (AvgIpc) is 3.19. The molecule has 2 aliphatic rings. The molecule has 21 heavy (non-hydrogen) atoms. The number of rotatable bonds is 5. The third kappa shape index (κ3) is 2.71. The molecule has 3 heteroatoms. The Balaban J connectivity index is 1.43. The van der Waals surface area contributed by atoms with Crippen LogP contribution in [0.2, 0.25) is 0 Å². The number of thiophene rings is 1. The lowest BCUT2D eigenvalue weighted by atomic mass is 9.85. The van der Waals surface area contributed by atoms with Gasteiger partial charge in [0.2, 0.25) is 5.91 Å². The number of nitrogens with one attached hydrogen (secondary N) is 1. The fraction of sp³-hybridized carbons (Fsp3) is 0.500. The van der Waals surface area contributed by atoms with E-state index in [0.717, 1.165) is 31.7 Å². The predicted molar refractivity (Wildman–Crippen MR) is 87.9 cm³/mol. The first-order chi connectivity index (χ1) is 10.3. The second-order valence-electron chi connectivity index (χ2n) is 6.46. The van der Waals surface area contributed by atoms with Gasteiger partial charge in [-0.25, -0.2) is 0 Å². The number of hydrogen-bond donors (Lipinski definition) is 1. The van der Waals surface area contributed by atoms with Crippen LogP contribution in [0.1, 0.15) is 49.1 Å². The molecule has 2 aromatic rings. The Kier molecular flexibility index (Phi) is 3.46. The molecular formula is C18H21NOS. The number of amides is 1. The molecule has 1 aromatic heterocycles. The Hall–Kier alpha value is -1.35. The molecule has 2 aliphatic carbocycles. The van der Waals surface area contributed by atoms with Crippen molar-refractivity contribution < 1.29 is 4.79 Å². The van der Waals surface area contributed by atoms with Crippen molar-refractivity contribution in [3.8, 4) is 0 Å². The lowest BCUT2D eigenvalue weighted by Gasteiger charge is -2.23. The zero-order valence-electron chi connectivity index (χ0n) is 12.2. The number of benzene rings is 1. The van der Waals surface area contributed by atoms with Crippen LogP contribution >= 0.6 is 11.3 Å². The van der Waals surface area contributed by atoms with E-state index < -0.39 is 0 Å². The summed E-state index contributed by atoms with van der Waals surface area (Å²) in [6.45, 7) is 0.773. The first-order valence-electron chi connectivity index (χ1n) is 8.09. The van der Waals surface area contributed by atoms with Crippen LogP contribution in [0.15, 0.2) is 23.6 Å². The van der Waals surface area contributed by atoms with Crippen molar-refractivity contribution in [2.24, 2.45) is 5.92 Å². The van der Waals surface area contributed by atoms with E-state index >= 15 is 0 Å². The summed E-state index contributed by atoms with van der Waals surface area (Å²) in [6.07, 6.45) is 7.03. The Morgan fingerprint density at radius 3 is 2.81 bits per heavy atom. The Morgan fingerprint density at radius 2 is 2.10 bits per heavy atom. The fourth-order valence-corrected chi connectivity index (χ4v) is 4.08. The lowest BCUT2D eigenvalue weighted by molar-refractivity contribution is -0.127. The molecule has 1 heterocycles. The van der Waals surface area contributed by atoms with E-state index in [1.54, 1.807) is 0 Å². The second-order valence-corrected chi connectivity index (χ2v) is 7.37. The summed E-state index contributed by atoms with van der Waals surface area (Å²) in [5.74, 6) is 1.37. The van der Waals surface area contributed by atoms with Crippen LogP contribution in [0, 0.1) is 5.92 Å². The van der Waals surface area contributed by atoms with Crippen molar-refractivity contribution in [2.45, 2.75) is 44.4 Å². The molecular weight excluding hydrogens is 278 g/mol. The van der Waals surface area contributed by atoms with Crippen LogP contribution in [0.5, 0.6) is 0 Å². The quantitative estimate of drug-likeness (QED) is 0.879. The van der Waals surface area contributed by atoms with Gasteiger partial charge in [0.1, 0.15) is 0 Å². The normalized spacial score (nSPS) is 18.7. The highest BCUT2D eigenvalue weighted by atomic mass is 32.1. The molecule has 0 unspecified atom stereocenters. The minimum atomic E-state index is 0.263. The van der Waals surface area contributed by atoms with E-state index in [1.165, 1.54) is 40.5 Å². The van der Waals surface area contributed by atoms with E-state index in [2.05, 4.69) is 28.9 Å². The molecule has 0 radical (unpaired) electrons. The van der Waals surface area contributed by atoms with Gasteiger partial charge in [0.05, 0.1) is 0 Å². The van der Waals surface area contributed by atoms with E-state index in [1.807, 2.05) is 11.3 Å². The van der Waals surface area contributed by atoms with E-state index in [4.69, 9.17) is 0 Å². The topological polar surface area (TPSA) is 29.1 Å².